The van der Waals surface area contributed by atoms with Crippen molar-refractivity contribution < 1.29 is 0 Å². The fraction of sp³-hybridized carbons (Fsp3) is 0.500. The van der Waals surface area contributed by atoms with Gasteiger partial charge >= 0.3 is 0 Å². The third-order valence-electron chi connectivity index (χ3n) is 3.25. The number of hydrogen-bond donors (Lipinski definition) is 1. The maximum atomic E-state index is 5.49. The van der Waals surface area contributed by atoms with E-state index in [-0.39, 0.29) is 0 Å². The lowest BCUT2D eigenvalue weighted by atomic mass is 10.1. The summed E-state index contributed by atoms with van der Waals surface area (Å²) in [5.74, 6) is 0. The lowest BCUT2D eigenvalue weighted by molar-refractivity contribution is 0.713. The van der Waals surface area contributed by atoms with E-state index in [1.165, 1.54) is 47.9 Å². The molecule has 0 spiro atoms. The molecule has 90 valence electrons. The zero-order chi connectivity index (χ0) is 11.8. The van der Waals surface area contributed by atoms with Crippen molar-refractivity contribution in [2.24, 2.45) is 0 Å². The molecular formula is C12H14N2S3. The normalized spacial score (nSPS) is 15.8. The van der Waals surface area contributed by atoms with Crippen molar-refractivity contribution in [3.63, 3.8) is 0 Å². The van der Waals surface area contributed by atoms with Gasteiger partial charge in [0.1, 0.15) is 9.47 Å². The maximum absolute atomic E-state index is 5.49. The monoisotopic (exact) mass is 282 g/mol. The first-order valence-electron chi connectivity index (χ1n) is 5.88. The second-order valence-electron chi connectivity index (χ2n) is 4.32. The average Bonchev–Trinajstić information content (AvgIpc) is 2.52. The molecule has 0 saturated carbocycles. The molecule has 0 radical (unpaired) electrons. The van der Waals surface area contributed by atoms with Crippen LogP contribution in [0.2, 0.25) is 0 Å². The van der Waals surface area contributed by atoms with Gasteiger partial charge in [-0.25, -0.2) is 4.98 Å². The van der Waals surface area contributed by atoms with E-state index >= 15 is 0 Å². The summed E-state index contributed by atoms with van der Waals surface area (Å²) >= 11 is 8.96. The zero-order valence-corrected chi connectivity index (χ0v) is 12.2. The van der Waals surface area contributed by atoms with Crippen molar-refractivity contribution in [1.29, 1.82) is 0 Å². The minimum absolute atomic E-state index is 0.874. The van der Waals surface area contributed by atoms with Gasteiger partial charge in [0.25, 0.3) is 0 Å². The van der Waals surface area contributed by atoms with Crippen LogP contribution >= 0.6 is 35.3 Å². The van der Waals surface area contributed by atoms with E-state index in [0.29, 0.717) is 0 Å². The molecule has 2 heterocycles. The summed E-state index contributed by atoms with van der Waals surface area (Å²) in [6.45, 7) is 0. The summed E-state index contributed by atoms with van der Waals surface area (Å²) in [4.78, 5) is 10.5. The van der Waals surface area contributed by atoms with Crippen LogP contribution in [0.1, 0.15) is 29.7 Å². The number of aromatic nitrogens is 2. The van der Waals surface area contributed by atoms with Crippen LogP contribution in [0.5, 0.6) is 0 Å². The first-order chi connectivity index (χ1) is 8.29. The van der Waals surface area contributed by atoms with Gasteiger partial charge in [-0.3, -0.25) is 0 Å². The highest BCUT2D eigenvalue weighted by atomic mass is 32.2. The van der Waals surface area contributed by atoms with E-state index in [2.05, 4.69) is 9.97 Å². The van der Waals surface area contributed by atoms with E-state index in [4.69, 9.17) is 12.2 Å². The number of H-pyrrole nitrogens is 1. The first kappa shape index (κ1) is 11.7. The summed E-state index contributed by atoms with van der Waals surface area (Å²) < 4.78 is 0.874. The number of thiophene rings is 1. The highest BCUT2D eigenvalue weighted by molar-refractivity contribution is 7.98. The highest BCUT2D eigenvalue weighted by Gasteiger charge is 2.17. The Hall–Kier alpha value is -0.390. The third kappa shape index (κ3) is 2.04. The predicted octanol–water partition coefficient (Wildman–Crippen LogP) is 4.34. The summed E-state index contributed by atoms with van der Waals surface area (Å²) in [6, 6.07) is 0. The van der Waals surface area contributed by atoms with Gasteiger partial charge < -0.3 is 4.98 Å². The molecule has 2 nitrogen and oxygen atoms in total. The Morgan fingerprint density at radius 1 is 1.29 bits per heavy atom. The fourth-order valence-electron chi connectivity index (χ4n) is 2.42. The van der Waals surface area contributed by atoms with Crippen LogP contribution in [-0.2, 0) is 12.8 Å². The summed E-state index contributed by atoms with van der Waals surface area (Å²) in [5, 5.41) is 2.15. The van der Waals surface area contributed by atoms with Crippen molar-refractivity contribution >= 4 is 45.5 Å². The molecular weight excluding hydrogens is 268 g/mol. The molecule has 2 aromatic rings. The average molecular weight is 282 g/mol. The molecule has 0 bridgehead atoms. The van der Waals surface area contributed by atoms with E-state index < -0.39 is 0 Å². The number of aryl methyl sites for hydroxylation is 2. The number of nitrogens with one attached hydrogen (secondary N) is 1. The van der Waals surface area contributed by atoms with Gasteiger partial charge in [-0.05, 0) is 37.5 Å². The van der Waals surface area contributed by atoms with Crippen molar-refractivity contribution in [2.45, 2.75) is 37.3 Å². The Bertz CT molecular complexity index is 612. The van der Waals surface area contributed by atoms with Gasteiger partial charge in [0.05, 0.1) is 0 Å². The van der Waals surface area contributed by atoms with Crippen molar-refractivity contribution in [2.75, 3.05) is 6.26 Å². The minimum Gasteiger partial charge on any atom is -0.325 e. The lowest BCUT2D eigenvalue weighted by Crippen LogP contribution is -1.89. The molecule has 0 aliphatic heterocycles. The van der Waals surface area contributed by atoms with E-state index in [1.54, 1.807) is 11.8 Å². The molecule has 2 aromatic heterocycles. The van der Waals surface area contributed by atoms with Gasteiger partial charge in [-0.1, -0.05) is 30.4 Å². The Morgan fingerprint density at radius 2 is 2.12 bits per heavy atom. The second kappa shape index (κ2) is 4.71. The topological polar surface area (TPSA) is 28.7 Å². The standard InChI is InChI=1S/C12H14N2S3/c1-16-12-13-10(15)9-7-5-3-2-4-6-8(7)17-11(9)14-12/h2-6H2,1H3,(H,13,14,15). The fourth-order valence-corrected chi connectivity index (χ4v) is 4.58. The lowest BCUT2D eigenvalue weighted by Gasteiger charge is -2.00. The van der Waals surface area contributed by atoms with Crippen molar-refractivity contribution in [3.05, 3.63) is 15.1 Å². The van der Waals surface area contributed by atoms with Crippen LogP contribution < -0.4 is 0 Å². The van der Waals surface area contributed by atoms with Gasteiger partial charge in [-0.15, -0.1) is 11.3 Å². The Labute approximate surface area is 114 Å². The summed E-state index contributed by atoms with van der Waals surface area (Å²) in [6.07, 6.45) is 8.35. The molecule has 0 amide bonds. The molecule has 0 atom stereocenters. The van der Waals surface area contributed by atoms with Crippen LogP contribution in [0, 0.1) is 4.64 Å². The highest BCUT2D eigenvalue weighted by Crippen LogP contribution is 2.35. The number of thioether (sulfide) groups is 1. The molecule has 0 saturated heterocycles. The smallest absolute Gasteiger partial charge is 0.167 e. The first-order valence-corrected chi connectivity index (χ1v) is 8.33. The zero-order valence-electron chi connectivity index (χ0n) is 9.71. The molecule has 1 aliphatic rings. The number of aromatic amines is 1. The van der Waals surface area contributed by atoms with Crippen molar-refractivity contribution in [1.82, 2.24) is 9.97 Å². The SMILES string of the molecule is CSc1nc2sc3c(c2c(=S)[nH]1)CCCCC3. The second-order valence-corrected chi connectivity index (χ2v) is 6.61. The molecule has 0 fully saturated rings. The minimum atomic E-state index is 0.874. The maximum Gasteiger partial charge on any atom is 0.167 e. The van der Waals surface area contributed by atoms with Gasteiger partial charge in [0.15, 0.2) is 5.16 Å². The number of hydrogen-bond acceptors (Lipinski definition) is 4. The summed E-state index contributed by atoms with van der Waals surface area (Å²) in [5.41, 5.74) is 1.48. The van der Waals surface area contributed by atoms with E-state index in [0.717, 1.165) is 14.6 Å². The van der Waals surface area contributed by atoms with Gasteiger partial charge in [0.2, 0.25) is 0 Å². The molecule has 1 aliphatic carbocycles. The number of rotatable bonds is 1. The molecule has 0 unspecified atom stereocenters. The molecule has 0 aromatic carbocycles. The molecule has 17 heavy (non-hydrogen) atoms. The Kier molecular flexibility index (Phi) is 3.23. The van der Waals surface area contributed by atoms with Crippen LogP contribution in [-0.4, -0.2) is 16.2 Å². The number of nitrogens with zero attached hydrogens (tertiary/aromatic N) is 1. The van der Waals surface area contributed by atoms with E-state index in [9.17, 15) is 0 Å². The van der Waals surface area contributed by atoms with Crippen LogP contribution in [0.25, 0.3) is 10.2 Å². The van der Waals surface area contributed by atoms with Gasteiger partial charge in [0, 0.05) is 10.3 Å². The molecule has 5 heteroatoms. The summed E-state index contributed by atoms with van der Waals surface area (Å²) in [7, 11) is 0. The molecule has 1 N–H and O–H groups in total. The van der Waals surface area contributed by atoms with Crippen LogP contribution in [0.4, 0.5) is 0 Å². The van der Waals surface area contributed by atoms with E-state index in [1.807, 2.05) is 17.6 Å². The molecule has 3 rings (SSSR count). The largest absolute Gasteiger partial charge is 0.325 e. The number of fused-ring (bicyclic) bond motifs is 3. The predicted molar refractivity (Wildman–Crippen MR) is 77.8 cm³/mol. The van der Waals surface area contributed by atoms with Crippen LogP contribution in [0.3, 0.4) is 0 Å². The van der Waals surface area contributed by atoms with Crippen molar-refractivity contribution in [3.8, 4) is 0 Å². The third-order valence-corrected chi connectivity index (χ3v) is 5.32. The quantitative estimate of drug-likeness (QED) is 0.365. The Morgan fingerprint density at radius 3 is 2.94 bits per heavy atom. The van der Waals surface area contributed by atoms with Crippen LogP contribution in [0.15, 0.2) is 5.16 Å². The Balaban J connectivity index is 2.28. The van der Waals surface area contributed by atoms with Gasteiger partial charge in [-0.2, -0.15) is 0 Å².